The number of nitrogens with two attached hydrogens (primary N) is 1. The lowest BCUT2D eigenvalue weighted by molar-refractivity contribution is -0.143. The second-order valence-corrected chi connectivity index (χ2v) is 5.19. The molecule has 0 aromatic rings. The minimum absolute atomic E-state index is 0.00958. The molecule has 2 rings (SSSR count). The second kappa shape index (κ2) is 4.30. The van der Waals surface area contributed by atoms with E-state index in [0.717, 1.165) is 32.1 Å². The Labute approximate surface area is 101 Å². The molecule has 2 aliphatic rings. The molecule has 0 atom stereocenters. The zero-order valence-corrected chi connectivity index (χ0v) is 10.1. The van der Waals surface area contributed by atoms with Crippen LogP contribution in [0.15, 0.2) is 0 Å². The third kappa shape index (κ3) is 1.82. The molecule has 0 aromatic carbocycles. The van der Waals surface area contributed by atoms with E-state index in [1.807, 2.05) is 0 Å². The number of thiocarbonyl (C=S) groups is 1. The van der Waals surface area contributed by atoms with Crippen molar-refractivity contribution in [3.8, 4) is 0 Å². The molecule has 3 N–H and O–H groups in total. The summed E-state index contributed by atoms with van der Waals surface area (Å²) in [5, 5.41) is 9.00. The molecule has 90 valence electrons. The molecule has 1 amide bonds. The molecule has 0 spiro atoms. The maximum absolute atomic E-state index is 12.4. The molecule has 2 saturated carbocycles. The Balaban J connectivity index is 2.11. The summed E-state index contributed by atoms with van der Waals surface area (Å²) in [5.41, 5.74) is 5.12. The maximum Gasteiger partial charge on any atom is 0.235 e. The van der Waals surface area contributed by atoms with Gasteiger partial charge in [0, 0.05) is 12.6 Å². The minimum atomic E-state index is -0.590. The molecule has 0 saturated heterocycles. The number of aliphatic hydroxyl groups excluding tert-OH is 1. The maximum atomic E-state index is 12.4. The van der Waals surface area contributed by atoms with Gasteiger partial charge in [0.1, 0.15) is 0 Å². The molecule has 4 nitrogen and oxygen atoms in total. The normalized spacial score (nSPS) is 22.3. The molecular weight excluding hydrogens is 224 g/mol. The average molecular weight is 242 g/mol. The van der Waals surface area contributed by atoms with Crippen LogP contribution in [-0.2, 0) is 4.79 Å². The third-order valence-corrected chi connectivity index (χ3v) is 4.07. The zero-order chi connectivity index (χ0) is 11.8. The van der Waals surface area contributed by atoms with E-state index in [1.54, 1.807) is 4.90 Å². The predicted octanol–water partition coefficient (Wildman–Crippen LogP) is 0.426. The highest BCUT2D eigenvalue weighted by atomic mass is 32.1. The summed E-state index contributed by atoms with van der Waals surface area (Å²) in [7, 11) is 0. The van der Waals surface area contributed by atoms with Gasteiger partial charge in [0.2, 0.25) is 5.91 Å². The number of rotatable bonds is 5. The van der Waals surface area contributed by atoms with E-state index in [-0.39, 0.29) is 12.5 Å². The Morgan fingerprint density at radius 1 is 1.50 bits per heavy atom. The van der Waals surface area contributed by atoms with Crippen molar-refractivity contribution in [2.24, 2.45) is 11.1 Å². The molecule has 16 heavy (non-hydrogen) atoms. The fourth-order valence-electron chi connectivity index (χ4n) is 2.31. The number of nitrogens with zero attached hydrogens (tertiary/aromatic N) is 1. The SMILES string of the molecule is NC(=S)C1(C(=O)N(CCO)C2CC2)CCC1. The summed E-state index contributed by atoms with van der Waals surface area (Å²) in [4.78, 5) is 14.5. The van der Waals surface area contributed by atoms with Crippen LogP contribution in [0.25, 0.3) is 0 Å². The van der Waals surface area contributed by atoms with E-state index < -0.39 is 5.41 Å². The number of hydrogen-bond donors (Lipinski definition) is 2. The number of hydrogen-bond acceptors (Lipinski definition) is 3. The molecular formula is C11H18N2O2S. The molecule has 5 heteroatoms. The predicted molar refractivity (Wildman–Crippen MR) is 64.9 cm³/mol. The van der Waals surface area contributed by atoms with Gasteiger partial charge in [-0.05, 0) is 25.7 Å². The molecule has 0 aromatic heterocycles. The van der Waals surface area contributed by atoms with Gasteiger partial charge in [0.15, 0.2) is 0 Å². The van der Waals surface area contributed by atoms with Gasteiger partial charge < -0.3 is 15.7 Å². The van der Waals surface area contributed by atoms with Gasteiger partial charge in [0.05, 0.1) is 17.0 Å². The van der Waals surface area contributed by atoms with Gasteiger partial charge >= 0.3 is 0 Å². The Bertz CT molecular complexity index is 311. The highest BCUT2D eigenvalue weighted by Crippen LogP contribution is 2.44. The smallest absolute Gasteiger partial charge is 0.235 e. The van der Waals surface area contributed by atoms with Crippen LogP contribution in [0, 0.1) is 5.41 Å². The fourth-order valence-corrected chi connectivity index (χ4v) is 2.61. The molecule has 2 aliphatic carbocycles. The van der Waals surface area contributed by atoms with Crippen LogP contribution < -0.4 is 5.73 Å². The van der Waals surface area contributed by atoms with Crippen molar-refractivity contribution in [1.29, 1.82) is 0 Å². The first-order valence-electron chi connectivity index (χ1n) is 5.83. The van der Waals surface area contributed by atoms with Crippen molar-refractivity contribution in [1.82, 2.24) is 4.90 Å². The molecule has 2 fully saturated rings. The lowest BCUT2D eigenvalue weighted by Crippen LogP contribution is -2.55. The van der Waals surface area contributed by atoms with Crippen LogP contribution in [0.5, 0.6) is 0 Å². The van der Waals surface area contributed by atoms with Gasteiger partial charge in [0.25, 0.3) is 0 Å². The van der Waals surface area contributed by atoms with Gasteiger partial charge in [-0.1, -0.05) is 18.6 Å². The van der Waals surface area contributed by atoms with Crippen LogP contribution >= 0.6 is 12.2 Å². The molecule has 0 radical (unpaired) electrons. The van der Waals surface area contributed by atoms with Crippen molar-refractivity contribution >= 4 is 23.1 Å². The van der Waals surface area contributed by atoms with Crippen molar-refractivity contribution < 1.29 is 9.90 Å². The first-order valence-corrected chi connectivity index (χ1v) is 6.24. The zero-order valence-electron chi connectivity index (χ0n) is 9.32. The summed E-state index contributed by atoms with van der Waals surface area (Å²) in [6, 6.07) is 0.312. The largest absolute Gasteiger partial charge is 0.395 e. The summed E-state index contributed by atoms with van der Waals surface area (Å²) in [5.74, 6) is 0.0443. The quantitative estimate of drug-likeness (QED) is 0.686. The molecule has 0 aliphatic heterocycles. The Hall–Kier alpha value is -0.680. The van der Waals surface area contributed by atoms with Crippen LogP contribution in [0.2, 0.25) is 0 Å². The van der Waals surface area contributed by atoms with Gasteiger partial charge in [-0.25, -0.2) is 0 Å². The molecule has 0 heterocycles. The van der Waals surface area contributed by atoms with Gasteiger partial charge in [-0.15, -0.1) is 0 Å². The average Bonchev–Trinajstić information content (AvgIpc) is 2.94. The third-order valence-electron chi connectivity index (χ3n) is 3.68. The fraction of sp³-hybridized carbons (Fsp3) is 0.818. The summed E-state index contributed by atoms with van der Waals surface area (Å²) >= 11 is 5.04. The minimum Gasteiger partial charge on any atom is -0.395 e. The summed E-state index contributed by atoms with van der Waals surface area (Å²) in [6.45, 7) is 0.420. The van der Waals surface area contributed by atoms with Crippen molar-refractivity contribution in [3.63, 3.8) is 0 Å². The highest BCUT2D eigenvalue weighted by molar-refractivity contribution is 7.80. The van der Waals surface area contributed by atoms with Gasteiger partial charge in [-0.2, -0.15) is 0 Å². The number of carbonyl (C=O) groups excluding carboxylic acids is 1. The standard InChI is InChI=1S/C11H18N2O2S/c12-9(16)11(4-1-5-11)10(15)13(6-7-14)8-2-3-8/h8,14H,1-7H2,(H2,12,16). The van der Waals surface area contributed by atoms with E-state index in [0.29, 0.717) is 17.6 Å². The summed E-state index contributed by atoms with van der Waals surface area (Å²) < 4.78 is 0. The van der Waals surface area contributed by atoms with Crippen LogP contribution in [-0.4, -0.2) is 40.1 Å². The topological polar surface area (TPSA) is 66.6 Å². The van der Waals surface area contributed by atoms with E-state index in [4.69, 9.17) is 23.1 Å². The molecule has 0 unspecified atom stereocenters. The Morgan fingerprint density at radius 3 is 2.44 bits per heavy atom. The van der Waals surface area contributed by atoms with Crippen molar-refractivity contribution in [2.75, 3.05) is 13.2 Å². The Kier molecular flexibility index (Phi) is 3.17. The monoisotopic (exact) mass is 242 g/mol. The van der Waals surface area contributed by atoms with Gasteiger partial charge in [-0.3, -0.25) is 4.79 Å². The molecule has 0 bridgehead atoms. The highest BCUT2D eigenvalue weighted by Gasteiger charge is 2.51. The van der Waals surface area contributed by atoms with E-state index in [9.17, 15) is 4.79 Å². The van der Waals surface area contributed by atoms with Crippen LogP contribution in [0.1, 0.15) is 32.1 Å². The number of amides is 1. The number of carbonyl (C=O) groups is 1. The lowest BCUT2D eigenvalue weighted by atomic mass is 9.67. The van der Waals surface area contributed by atoms with E-state index in [2.05, 4.69) is 0 Å². The number of aliphatic hydroxyl groups is 1. The van der Waals surface area contributed by atoms with Crippen molar-refractivity contribution in [3.05, 3.63) is 0 Å². The summed E-state index contributed by atoms with van der Waals surface area (Å²) in [6.07, 6.45) is 4.64. The van der Waals surface area contributed by atoms with Crippen LogP contribution in [0.3, 0.4) is 0 Å². The second-order valence-electron chi connectivity index (χ2n) is 4.75. The van der Waals surface area contributed by atoms with Crippen LogP contribution in [0.4, 0.5) is 0 Å². The van der Waals surface area contributed by atoms with Crippen molar-refractivity contribution in [2.45, 2.75) is 38.1 Å². The lowest BCUT2D eigenvalue weighted by Gasteiger charge is -2.42. The Morgan fingerprint density at radius 2 is 2.12 bits per heavy atom. The van der Waals surface area contributed by atoms with E-state index in [1.165, 1.54) is 0 Å². The van der Waals surface area contributed by atoms with E-state index >= 15 is 0 Å². The first kappa shape index (κ1) is 11.8. The first-order chi connectivity index (χ1) is 7.62.